The minimum absolute atomic E-state index is 0.113. The van der Waals surface area contributed by atoms with Crippen molar-refractivity contribution in [3.05, 3.63) is 12.2 Å². The Hall–Kier alpha value is -1.65. The van der Waals surface area contributed by atoms with Crippen LogP contribution in [0.1, 0.15) is 6.92 Å². The highest BCUT2D eigenvalue weighted by molar-refractivity contribution is 6.03. The zero-order chi connectivity index (χ0) is 11.7. The number of carbonyl (C=O) groups excluding carboxylic acids is 3. The Kier molecular flexibility index (Phi) is 1.51. The third-order valence-electron chi connectivity index (χ3n) is 4.08. The molecule has 0 spiro atoms. The number of hydrogen-bond acceptors (Lipinski definition) is 4. The number of amides is 1. The van der Waals surface area contributed by atoms with E-state index in [0.29, 0.717) is 0 Å². The Bertz CT molecular complexity index is 455. The second kappa shape index (κ2) is 2.53. The quantitative estimate of drug-likeness (QED) is 0.320. The molecule has 4 aliphatic rings. The maximum Gasteiger partial charge on any atom is 0.320 e. The number of carbonyl (C=O) groups is 3. The van der Waals surface area contributed by atoms with Gasteiger partial charge in [0, 0.05) is 7.05 Å². The van der Waals surface area contributed by atoms with E-state index in [9.17, 15) is 14.4 Å². The summed E-state index contributed by atoms with van der Waals surface area (Å²) in [4.78, 5) is 36.7. The van der Waals surface area contributed by atoms with Crippen molar-refractivity contribution in [2.24, 2.45) is 17.8 Å². The molecule has 0 N–H and O–H groups in total. The van der Waals surface area contributed by atoms with Crippen LogP contribution in [0.2, 0.25) is 0 Å². The van der Waals surface area contributed by atoms with Crippen LogP contribution < -0.4 is 0 Å². The van der Waals surface area contributed by atoms with Crippen LogP contribution in [0, 0.1) is 17.8 Å². The number of hydrogen-bond donors (Lipinski definition) is 0. The highest BCUT2D eigenvalue weighted by atomic mass is 16.6. The van der Waals surface area contributed by atoms with Gasteiger partial charge in [0.1, 0.15) is 0 Å². The van der Waals surface area contributed by atoms with Crippen molar-refractivity contribution in [2.45, 2.75) is 12.5 Å². The van der Waals surface area contributed by atoms with Gasteiger partial charge in [0.2, 0.25) is 5.91 Å². The molecule has 4 rings (SSSR count). The Labute approximate surface area is 92.0 Å². The summed E-state index contributed by atoms with van der Waals surface area (Å²) in [6, 6.07) is 0. The first-order valence-corrected chi connectivity index (χ1v) is 5.19. The fourth-order valence-corrected chi connectivity index (χ4v) is 3.01. The number of likely N-dealkylation sites (N-methyl/N-ethyl adjacent to an activating group) is 1. The van der Waals surface area contributed by atoms with Gasteiger partial charge in [-0.2, -0.15) is 0 Å². The van der Waals surface area contributed by atoms with E-state index in [-0.39, 0.29) is 5.91 Å². The van der Waals surface area contributed by atoms with Gasteiger partial charge in [-0.3, -0.25) is 14.4 Å². The van der Waals surface area contributed by atoms with Gasteiger partial charge < -0.3 is 9.64 Å². The molecule has 2 fully saturated rings. The van der Waals surface area contributed by atoms with E-state index in [1.54, 1.807) is 24.9 Å². The molecule has 2 bridgehead atoms. The second-order valence-corrected chi connectivity index (χ2v) is 4.75. The molecule has 3 heterocycles. The molecular formula is C11H11NO4. The number of piperidine rings is 1. The molecule has 2 saturated heterocycles. The van der Waals surface area contributed by atoms with E-state index in [1.165, 1.54) is 0 Å². The van der Waals surface area contributed by atoms with Crippen LogP contribution in [0.5, 0.6) is 0 Å². The molecule has 16 heavy (non-hydrogen) atoms. The predicted octanol–water partition coefficient (Wildman–Crippen LogP) is -0.281. The van der Waals surface area contributed by atoms with Crippen LogP contribution in [0.3, 0.4) is 0 Å². The number of esters is 2. The first-order chi connectivity index (χ1) is 7.47. The van der Waals surface area contributed by atoms with Crippen molar-refractivity contribution >= 4 is 17.8 Å². The molecule has 1 aliphatic carbocycles. The maximum atomic E-state index is 11.9. The molecule has 4 atom stereocenters. The number of nitrogens with zero attached hydrogens (tertiary/aromatic N) is 1. The lowest BCUT2D eigenvalue weighted by Crippen LogP contribution is -2.64. The Morgan fingerprint density at radius 3 is 2.69 bits per heavy atom. The lowest BCUT2D eigenvalue weighted by atomic mass is 9.63. The Balaban J connectivity index is 2.20. The van der Waals surface area contributed by atoms with Gasteiger partial charge in [-0.05, 0) is 6.92 Å². The van der Waals surface area contributed by atoms with E-state index in [4.69, 9.17) is 0 Å². The largest absolute Gasteiger partial charge is 0.393 e. The molecule has 0 aromatic rings. The molecule has 1 amide bonds. The lowest BCUT2D eigenvalue weighted by molar-refractivity contribution is -0.155. The summed E-state index contributed by atoms with van der Waals surface area (Å²) in [5.74, 6) is -2.87. The van der Waals surface area contributed by atoms with Crippen LogP contribution in [0.15, 0.2) is 12.2 Å². The number of cyclic esters (lactones) is 2. The highest BCUT2D eigenvalue weighted by Crippen LogP contribution is 2.49. The van der Waals surface area contributed by atoms with Crippen molar-refractivity contribution < 1.29 is 19.1 Å². The number of ether oxygens (including phenoxy) is 1. The molecule has 5 nitrogen and oxygen atoms in total. The van der Waals surface area contributed by atoms with E-state index < -0.39 is 35.2 Å². The first kappa shape index (κ1) is 9.57. The molecule has 0 saturated carbocycles. The van der Waals surface area contributed by atoms with E-state index in [1.807, 2.05) is 6.08 Å². The maximum absolute atomic E-state index is 11.9. The fraction of sp³-hybridized carbons (Fsp3) is 0.545. The molecule has 0 aromatic carbocycles. The van der Waals surface area contributed by atoms with Gasteiger partial charge in [0.25, 0.3) is 0 Å². The van der Waals surface area contributed by atoms with Crippen LogP contribution >= 0.6 is 0 Å². The van der Waals surface area contributed by atoms with Gasteiger partial charge in [-0.1, -0.05) is 12.2 Å². The number of rotatable bonds is 0. The second-order valence-electron chi connectivity index (χ2n) is 4.75. The minimum atomic E-state index is -0.722. The van der Waals surface area contributed by atoms with Crippen molar-refractivity contribution in [3.63, 3.8) is 0 Å². The van der Waals surface area contributed by atoms with Crippen molar-refractivity contribution in [3.8, 4) is 0 Å². The van der Waals surface area contributed by atoms with Crippen LogP contribution in [0.25, 0.3) is 0 Å². The molecule has 84 valence electrons. The summed E-state index contributed by atoms with van der Waals surface area (Å²) >= 11 is 0. The SMILES string of the molecule is CN1C(=O)[C@H]2C=C[C@@]1(C)[C@H]1C(=O)OC(=O)[C@H]21. The molecule has 3 aliphatic heterocycles. The van der Waals surface area contributed by atoms with Gasteiger partial charge in [-0.25, -0.2) is 0 Å². The molecule has 0 aromatic heterocycles. The lowest BCUT2D eigenvalue weighted by Gasteiger charge is -2.51. The molecule has 5 heteroatoms. The van der Waals surface area contributed by atoms with Crippen LogP contribution in [-0.4, -0.2) is 35.3 Å². The summed E-state index contributed by atoms with van der Waals surface area (Å²) in [6.07, 6.45) is 3.56. The third kappa shape index (κ3) is 0.809. The molecule has 0 radical (unpaired) electrons. The summed E-state index contributed by atoms with van der Waals surface area (Å²) in [7, 11) is 1.66. The number of fused-ring (bicyclic) bond motifs is 1. The zero-order valence-corrected chi connectivity index (χ0v) is 8.97. The Morgan fingerprint density at radius 1 is 1.31 bits per heavy atom. The average Bonchev–Trinajstić information content (AvgIpc) is 2.53. The fourth-order valence-electron chi connectivity index (χ4n) is 3.01. The van der Waals surface area contributed by atoms with Crippen LogP contribution in [-0.2, 0) is 19.1 Å². The van der Waals surface area contributed by atoms with Gasteiger partial charge in [-0.15, -0.1) is 0 Å². The minimum Gasteiger partial charge on any atom is -0.393 e. The third-order valence-corrected chi connectivity index (χ3v) is 4.08. The summed E-state index contributed by atoms with van der Waals surface area (Å²) < 4.78 is 4.65. The van der Waals surface area contributed by atoms with Gasteiger partial charge >= 0.3 is 11.9 Å². The van der Waals surface area contributed by atoms with E-state index in [0.717, 1.165) is 0 Å². The standard InChI is InChI=1S/C11H11NO4/c1-11-4-3-5(8(13)12(11)2)6-7(11)10(15)16-9(6)14/h3-7H,1-2H3/t5-,6+,7+,11-/m0/s1. The molecule has 0 unspecified atom stereocenters. The predicted molar refractivity (Wildman–Crippen MR) is 51.9 cm³/mol. The van der Waals surface area contributed by atoms with E-state index >= 15 is 0 Å². The van der Waals surface area contributed by atoms with Crippen LogP contribution in [0.4, 0.5) is 0 Å². The summed E-state index contributed by atoms with van der Waals surface area (Å²) in [5, 5.41) is 0. The van der Waals surface area contributed by atoms with Crippen molar-refractivity contribution in [1.29, 1.82) is 0 Å². The Morgan fingerprint density at radius 2 is 2.00 bits per heavy atom. The van der Waals surface area contributed by atoms with Gasteiger partial charge in [0.05, 0.1) is 23.3 Å². The highest BCUT2D eigenvalue weighted by Gasteiger charge is 2.65. The van der Waals surface area contributed by atoms with Gasteiger partial charge in [0.15, 0.2) is 0 Å². The summed E-state index contributed by atoms with van der Waals surface area (Å²) in [5.41, 5.74) is -0.722. The van der Waals surface area contributed by atoms with Crippen molar-refractivity contribution in [1.82, 2.24) is 4.90 Å². The zero-order valence-electron chi connectivity index (χ0n) is 8.97. The monoisotopic (exact) mass is 221 g/mol. The smallest absolute Gasteiger partial charge is 0.320 e. The normalized spacial score (nSPS) is 45.0. The van der Waals surface area contributed by atoms with E-state index in [2.05, 4.69) is 4.74 Å². The average molecular weight is 221 g/mol. The topological polar surface area (TPSA) is 63.7 Å². The first-order valence-electron chi connectivity index (χ1n) is 5.19. The summed E-state index contributed by atoms with van der Waals surface area (Å²) in [6.45, 7) is 1.79. The molecular weight excluding hydrogens is 210 g/mol. The van der Waals surface area contributed by atoms with Crippen molar-refractivity contribution in [2.75, 3.05) is 7.05 Å².